The molecule has 3 heterocycles. The van der Waals surface area contributed by atoms with E-state index in [1.165, 1.54) is 5.57 Å². The molecule has 8 nitrogen and oxygen atoms in total. The van der Waals surface area contributed by atoms with Gasteiger partial charge in [0.2, 0.25) is 5.95 Å². The molecule has 0 spiro atoms. The van der Waals surface area contributed by atoms with Crippen LogP contribution < -0.4 is 5.32 Å². The zero-order chi connectivity index (χ0) is 27.8. The number of aromatic nitrogens is 3. The molecule has 1 atom stereocenters. The van der Waals surface area contributed by atoms with E-state index in [-0.39, 0.29) is 12.6 Å². The summed E-state index contributed by atoms with van der Waals surface area (Å²) in [6, 6.07) is 3.82. The lowest BCUT2D eigenvalue weighted by Gasteiger charge is -2.33. The summed E-state index contributed by atoms with van der Waals surface area (Å²) in [6.07, 6.45) is 15.0. The first-order valence-electron chi connectivity index (χ1n) is 14.1. The van der Waals surface area contributed by atoms with Crippen molar-refractivity contribution in [2.45, 2.75) is 65.5 Å². The molecule has 4 rings (SSSR count). The summed E-state index contributed by atoms with van der Waals surface area (Å²) < 4.78 is 2.13. The van der Waals surface area contributed by atoms with E-state index in [9.17, 15) is 10.0 Å². The first-order chi connectivity index (χ1) is 18.9. The number of likely N-dealkylation sites (tertiary alicyclic amines) is 1. The molecule has 1 aliphatic carbocycles. The number of aliphatic hydroxyl groups excluding tert-OH is 1. The summed E-state index contributed by atoms with van der Waals surface area (Å²) in [4.78, 5) is 23.8. The number of allylic oxidation sites excluding steroid dienone is 3. The van der Waals surface area contributed by atoms with Crippen LogP contribution in [-0.2, 0) is 13.0 Å². The molecular weight excluding hydrogens is 488 g/mol. The Bertz CT molecular complexity index is 1250. The number of aryl methyl sites for hydroxylation is 1. The number of nitrogens with one attached hydrogen (secondary N) is 1. The van der Waals surface area contributed by atoms with Crippen LogP contribution in [0.5, 0.6) is 0 Å². The van der Waals surface area contributed by atoms with Crippen molar-refractivity contribution in [3.63, 3.8) is 0 Å². The lowest BCUT2D eigenvalue weighted by Crippen LogP contribution is -2.40. The van der Waals surface area contributed by atoms with Crippen molar-refractivity contribution in [3.8, 4) is 0 Å². The van der Waals surface area contributed by atoms with Crippen LogP contribution in [-0.4, -0.2) is 56.8 Å². The third-order valence-corrected chi connectivity index (χ3v) is 7.71. The molecule has 0 amide bonds. The van der Waals surface area contributed by atoms with Crippen LogP contribution >= 0.6 is 0 Å². The van der Waals surface area contributed by atoms with E-state index < -0.39 is 0 Å². The molecule has 2 aromatic rings. The molecule has 208 valence electrons. The Hall–Kier alpha value is -3.36. The largest absolute Gasteiger partial charge is 0.392 e. The molecule has 0 aromatic carbocycles. The fourth-order valence-corrected chi connectivity index (χ4v) is 5.38. The van der Waals surface area contributed by atoms with Gasteiger partial charge in [0.15, 0.2) is 0 Å². The van der Waals surface area contributed by atoms with Gasteiger partial charge in [0.25, 0.3) is 0 Å². The maximum absolute atomic E-state index is 11.6. The molecule has 8 heteroatoms. The zero-order valence-corrected chi connectivity index (χ0v) is 23.6. The monoisotopic (exact) mass is 530 g/mol. The van der Waals surface area contributed by atoms with Gasteiger partial charge in [-0.1, -0.05) is 37.8 Å². The van der Waals surface area contributed by atoms with Crippen LogP contribution in [0.15, 0.2) is 59.3 Å². The van der Waals surface area contributed by atoms with Gasteiger partial charge in [-0.15, -0.1) is 4.91 Å². The summed E-state index contributed by atoms with van der Waals surface area (Å²) in [5, 5.41) is 17.0. The number of pyridine rings is 1. The van der Waals surface area contributed by atoms with Crippen molar-refractivity contribution < 1.29 is 5.11 Å². The molecule has 0 saturated carbocycles. The summed E-state index contributed by atoms with van der Waals surface area (Å²) >= 11 is 0. The Kier molecular flexibility index (Phi) is 10.0. The number of hydrogen-bond acceptors (Lipinski definition) is 7. The minimum atomic E-state index is 0.0254. The fraction of sp³-hybridized carbons (Fsp3) is 0.484. The molecule has 2 aromatic heterocycles. The number of fused-ring (bicyclic) bond motifs is 1. The van der Waals surface area contributed by atoms with Crippen molar-refractivity contribution in [1.29, 1.82) is 0 Å². The second-order valence-electron chi connectivity index (χ2n) is 10.8. The maximum Gasteiger partial charge on any atom is 0.204 e. The maximum atomic E-state index is 11.6. The minimum absolute atomic E-state index is 0.0254. The number of aliphatic hydroxyl groups is 1. The molecule has 1 saturated heterocycles. The molecular formula is C31H42N6O2. The van der Waals surface area contributed by atoms with Crippen LogP contribution in [0.4, 0.5) is 11.6 Å². The standard InChI is InChI=1S/C31H42N6O2/c1-5-7-8-24(6-2)19-36-15-13-26(14-16-36)33-31-34-28-17-22(3)9-11-25(21-38)18-30(28)37(31)20-29-27(35-39)12-10-23(4)32-29/h5-8,10,12,18,22,26,38H,2,9,11,13-17,19-21H2,1,3-4H3,(H,33,34)/b7-5-,24-8+,25-18+. The number of hydrogen-bond donors (Lipinski definition) is 2. The van der Waals surface area contributed by atoms with E-state index in [0.717, 1.165) is 80.3 Å². The summed E-state index contributed by atoms with van der Waals surface area (Å²) in [6.45, 7) is 13.4. The van der Waals surface area contributed by atoms with E-state index in [1.54, 1.807) is 6.07 Å². The smallest absolute Gasteiger partial charge is 0.204 e. The van der Waals surface area contributed by atoms with Gasteiger partial charge in [-0.3, -0.25) is 9.88 Å². The highest BCUT2D eigenvalue weighted by atomic mass is 16.3. The third kappa shape index (κ3) is 7.40. The van der Waals surface area contributed by atoms with Gasteiger partial charge in [-0.05, 0) is 86.4 Å². The fourth-order valence-electron chi connectivity index (χ4n) is 5.38. The Morgan fingerprint density at radius 3 is 2.74 bits per heavy atom. The summed E-state index contributed by atoms with van der Waals surface area (Å²) in [5.74, 6) is 1.25. The summed E-state index contributed by atoms with van der Waals surface area (Å²) in [7, 11) is 0. The van der Waals surface area contributed by atoms with Gasteiger partial charge in [-0.2, -0.15) is 0 Å². The Balaban J connectivity index is 1.61. The van der Waals surface area contributed by atoms with Crippen LogP contribution in [0.1, 0.15) is 62.3 Å². The molecule has 1 unspecified atom stereocenters. The quantitative estimate of drug-likeness (QED) is 0.291. The van der Waals surface area contributed by atoms with Gasteiger partial charge in [0.1, 0.15) is 5.69 Å². The number of anilines is 1. The van der Waals surface area contributed by atoms with Gasteiger partial charge in [0, 0.05) is 31.4 Å². The van der Waals surface area contributed by atoms with Crippen molar-refractivity contribution in [1.82, 2.24) is 19.4 Å². The molecule has 2 N–H and O–H groups in total. The predicted octanol–water partition coefficient (Wildman–Crippen LogP) is 5.95. The van der Waals surface area contributed by atoms with Crippen molar-refractivity contribution >= 4 is 17.7 Å². The zero-order valence-electron chi connectivity index (χ0n) is 23.6. The molecule has 2 aliphatic rings. The van der Waals surface area contributed by atoms with E-state index in [0.29, 0.717) is 23.8 Å². The number of nitroso groups, excluding NO2 is 1. The van der Waals surface area contributed by atoms with Crippen LogP contribution in [0.25, 0.3) is 6.08 Å². The highest BCUT2D eigenvalue weighted by Gasteiger charge is 2.25. The highest BCUT2D eigenvalue weighted by molar-refractivity contribution is 5.57. The molecule has 39 heavy (non-hydrogen) atoms. The number of piperidine rings is 1. The van der Waals surface area contributed by atoms with Crippen LogP contribution in [0, 0.1) is 17.7 Å². The van der Waals surface area contributed by atoms with Crippen molar-refractivity contribution in [3.05, 3.63) is 81.8 Å². The number of nitrogens with zero attached hydrogens (tertiary/aromatic N) is 5. The average molecular weight is 531 g/mol. The lowest BCUT2D eigenvalue weighted by atomic mass is 9.93. The van der Waals surface area contributed by atoms with Gasteiger partial charge in [-0.25, -0.2) is 4.98 Å². The van der Waals surface area contributed by atoms with E-state index in [1.807, 2.05) is 32.1 Å². The summed E-state index contributed by atoms with van der Waals surface area (Å²) in [5.41, 5.74) is 6.03. The van der Waals surface area contributed by atoms with E-state index in [2.05, 4.69) is 56.7 Å². The average Bonchev–Trinajstić information content (AvgIpc) is 3.22. The number of imidazole rings is 1. The number of rotatable bonds is 10. The van der Waals surface area contributed by atoms with Crippen molar-refractivity contribution in [2.24, 2.45) is 11.1 Å². The minimum Gasteiger partial charge on any atom is -0.392 e. The van der Waals surface area contributed by atoms with Crippen LogP contribution in [0.3, 0.4) is 0 Å². The molecule has 0 radical (unpaired) electrons. The topological polar surface area (TPSA) is 95.6 Å². The molecule has 1 aliphatic heterocycles. The van der Waals surface area contributed by atoms with Gasteiger partial charge in [0.05, 0.1) is 30.2 Å². The third-order valence-electron chi connectivity index (χ3n) is 7.71. The SMILES string of the molecule is C=C/C(=C\C=C/C)CN1CCC(Nc2nc3c(n2Cc2nc(C)ccc2N=O)/C=C(/CO)CCC(C)C3)CC1. The van der Waals surface area contributed by atoms with Crippen LogP contribution in [0.2, 0.25) is 0 Å². The Labute approximate surface area is 232 Å². The second-order valence-corrected chi connectivity index (χ2v) is 10.8. The van der Waals surface area contributed by atoms with Gasteiger partial charge >= 0.3 is 0 Å². The Morgan fingerprint density at radius 1 is 1.26 bits per heavy atom. The van der Waals surface area contributed by atoms with E-state index in [4.69, 9.17) is 4.98 Å². The van der Waals surface area contributed by atoms with Crippen molar-refractivity contribution in [2.75, 3.05) is 31.6 Å². The molecule has 1 fully saturated rings. The second kappa shape index (κ2) is 13.6. The van der Waals surface area contributed by atoms with Gasteiger partial charge < -0.3 is 15.0 Å². The highest BCUT2D eigenvalue weighted by Crippen LogP contribution is 2.31. The molecule has 0 bridgehead atoms. The normalized spacial score (nSPS) is 20.7. The first-order valence-corrected chi connectivity index (χ1v) is 14.1. The predicted molar refractivity (Wildman–Crippen MR) is 159 cm³/mol. The first kappa shape index (κ1) is 28.6. The Morgan fingerprint density at radius 2 is 2.05 bits per heavy atom. The van der Waals surface area contributed by atoms with E-state index >= 15 is 0 Å². The lowest BCUT2D eigenvalue weighted by molar-refractivity contribution is 0.236.